The quantitative estimate of drug-likeness (QED) is 0.358. The normalized spacial score (nSPS) is 17.4. The van der Waals surface area contributed by atoms with Crippen LogP contribution in [0.15, 0.2) is 40.2 Å². The first-order valence-corrected chi connectivity index (χ1v) is 10.4. The second kappa shape index (κ2) is 7.85. The molecule has 0 aromatic heterocycles. The van der Waals surface area contributed by atoms with E-state index >= 15 is 0 Å². The fraction of sp³-hybridized carbons (Fsp3) is 0.0588. The third-order valence-electron chi connectivity index (χ3n) is 3.38. The van der Waals surface area contributed by atoms with Gasteiger partial charge in [-0.15, -0.1) is 0 Å². The van der Waals surface area contributed by atoms with Crippen molar-refractivity contribution in [3.05, 3.63) is 58.5 Å². The molecule has 3 rings (SSSR count). The molecule has 1 fully saturated rings. The molecule has 0 bridgehead atoms. The van der Waals surface area contributed by atoms with Crippen LogP contribution >= 0.6 is 68.5 Å². The monoisotopic (exact) mass is 596 g/mol. The van der Waals surface area contributed by atoms with Gasteiger partial charge >= 0.3 is 0 Å². The lowest BCUT2D eigenvalue weighted by Crippen LogP contribution is -2.19. The van der Waals surface area contributed by atoms with Gasteiger partial charge in [-0.2, -0.15) is 0 Å². The highest BCUT2D eigenvalue weighted by Gasteiger charge is 2.24. The summed E-state index contributed by atoms with van der Waals surface area (Å²) in [5.74, 6) is -0.0653. The summed E-state index contributed by atoms with van der Waals surface area (Å²) in [6.07, 6.45) is 1.68. The van der Waals surface area contributed by atoms with Crippen molar-refractivity contribution >= 4 is 91.4 Å². The van der Waals surface area contributed by atoms with E-state index in [-0.39, 0.29) is 11.7 Å². The Labute approximate surface area is 181 Å². The van der Waals surface area contributed by atoms with Crippen molar-refractivity contribution in [1.29, 1.82) is 0 Å². The number of aryl methyl sites for hydroxylation is 1. The number of rotatable bonds is 2. The molecular weight excluding hydrogens is 586 g/mol. The number of halogens is 3. The maximum absolute atomic E-state index is 12.2. The van der Waals surface area contributed by atoms with E-state index in [9.17, 15) is 9.90 Å². The second-order valence-corrected chi connectivity index (χ2v) is 9.11. The summed E-state index contributed by atoms with van der Waals surface area (Å²) in [7, 11) is 0. The second-order valence-electron chi connectivity index (χ2n) is 5.24. The Kier molecular flexibility index (Phi) is 5.96. The van der Waals surface area contributed by atoms with E-state index in [1.165, 1.54) is 11.8 Å². The zero-order valence-corrected chi connectivity index (χ0v) is 18.7. The molecule has 1 saturated heterocycles. The number of aromatic hydroxyl groups is 1. The molecule has 4 nitrogen and oxygen atoms in total. The van der Waals surface area contributed by atoms with Crippen molar-refractivity contribution in [2.45, 2.75) is 6.92 Å². The number of amidine groups is 1. The number of hydrogen-bond donors (Lipinski definition) is 2. The van der Waals surface area contributed by atoms with Gasteiger partial charge in [0.05, 0.1) is 14.2 Å². The molecule has 0 aliphatic carbocycles. The summed E-state index contributed by atoms with van der Waals surface area (Å²) >= 11 is 11.4. The predicted octanol–water partition coefficient (Wildman–Crippen LogP) is 5.45. The zero-order valence-electron chi connectivity index (χ0n) is 12.8. The van der Waals surface area contributed by atoms with Crippen LogP contribution in [-0.4, -0.2) is 16.2 Å². The number of phenols is 1. The molecule has 0 radical (unpaired) electrons. The lowest BCUT2D eigenvalue weighted by Gasteiger charge is -2.03. The number of carbonyl (C=O) groups excluding carboxylic acids is 1. The van der Waals surface area contributed by atoms with Crippen LogP contribution in [0.1, 0.15) is 11.1 Å². The van der Waals surface area contributed by atoms with Gasteiger partial charge in [0.1, 0.15) is 5.75 Å². The van der Waals surface area contributed by atoms with Gasteiger partial charge in [-0.05, 0) is 106 Å². The molecule has 0 atom stereocenters. The SMILES string of the molecule is Cc1cc(Cl)ccc1N=C1NC(=O)/C(=C/c2cc(I)cc(I)c2O)S1. The van der Waals surface area contributed by atoms with Crippen LogP contribution in [0.4, 0.5) is 5.69 Å². The molecule has 0 unspecified atom stereocenters. The molecule has 128 valence electrons. The van der Waals surface area contributed by atoms with Gasteiger partial charge in [-0.25, -0.2) is 4.99 Å². The number of benzene rings is 2. The summed E-state index contributed by atoms with van der Waals surface area (Å²) < 4.78 is 1.73. The van der Waals surface area contributed by atoms with Gasteiger partial charge in [0, 0.05) is 14.2 Å². The summed E-state index contributed by atoms with van der Waals surface area (Å²) in [5, 5.41) is 14.1. The Balaban J connectivity index is 1.91. The highest BCUT2D eigenvalue weighted by atomic mass is 127. The van der Waals surface area contributed by atoms with Crippen LogP contribution in [0.25, 0.3) is 6.08 Å². The average Bonchev–Trinajstić information content (AvgIpc) is 2.87. The van der Waals surface area contributed by atoms with Crippen LogP contribution in [0, 0.1) is 14.1 Å². The lowest BCUT2D eigenvalue weighted by atomic mass is 10.2. The van der Waals surface area contributed by atoms with Crippen LogP contribution in [-0.2, 0) is 4.79 Å². The van der Waals surface area contributed by atoms with E-state index in [1.807, 2.05) is 31.2 Å². The third kappa shape index (κ3) is 4.50. The first kappa shape index (κ1) is 19.0. The van der Waals surface area contributed by atoms with E-state index in [2.05, 4.69) is 55.5 Å². The number of amides is 1. The maximum Gasteiger partial charge on any atom is 0.264 e. The van der Waals surface area contributed by atoms with Crippen molar-refractivity contribution in [1.82, 2.24) is 5.32 Å². The van der Waals surface area contributed by atoms with Gasteiger partial charge in [0.15, 0.2) is 5.17 Å². The number of thioether (sulfide) groups is 1. The van der Waals surface area contributed by atoms with Crippen molar-refractivity contribution in [2.24, 2.45) is 4.99 Å². The number of aliphatic imine (C=N–C) groups is 1. The van der Waals surface area contributed by atoms with Crippen molar-refractivity contribution in [3.8, 4) is 5.75 Å². The van der Waals surface area contributed by atoms with E-state index < -0.39 is 0 Å². The van der Waals surface area contributed by atoms with Gasteiger partial charge < -0.3 is 10.4 Å². The standard InChI is InChI=1S/C17H11ClI2N2O2S/c1-8-4-10(18)2-3-13(8)21-17-22-16(24)14(25-17)6-9-5-11(19)7-12(20)15(9)23/h2-7,23H,1H3,(H,21,22,24)/b14-6-. The largest absolute Gasteiger partial charge is 0.506 e. The van der Waals surface area contributed by atoms with E-state index in [0.29, 0.717) is 20.7 Å². The number of nitrogens with zero attached hydrogens (tertiary/aromatic N) is 1. The maximum atomic E-state index is 12.2. The van der Waals surface area contributed by atoms with E-state index in [4.69, 9.17) is 11.6 Å². The number of nitrogens with one attached hydrogen (secondary N) is 1. The average molecular weight is 597 g/mol. The highest BCUT2D eigenvalue weighted by molar-refractivity contribution is 14.1. The minimum Gasteiger partial charge on any atom is -0.506 e. The lowest BCUT2D eigenvalue weighted by molar-refractivity contribution is -0.115. The van der Waals surface area contributed by atoms with Gasteiger partial charge in [-0.3, -0.25) is 4.79 Å². The minimum atomic E-state index is -0.233. The molecule has 1 amide bonds. The van der Waals surface area contributed by atoms with E-state index in [0.717, 1.165) is 18.4 Å². The van der Waals surface area contributed by atoms with Gasteiger partial charge in [0.2, 0.25) is 0 Å². The van der Waals surface area contributed by atoms with Crippen molar-refractivity contribution in [3.63, 3.8) is 0 Å². The zero-order chi connectivity index (χ0) is 18.1. The Morgan fingerprint density at radius 1 is 1.28 bits per heavy atom. The molecule has 1 aliphatic heterocycles. The number of phenolic OH excluding ortho intramolecular Hbond substituents is 1. The van der Waals surface area contributed by atoms with Crippen LogP contribution < -0.4 is 5.32 Å². The van der Waals surface area contributed by atoms with Crippen LogP contribution in [0.2, 0.25) is 5.02 Å². The smallest absolute Gasteiger partial charge is 0.264 e. The van der Waals surface area contributed by atoms with Gasteiger partial charge in [0.25, 0.3) is 5.91 Å². The first-order chi connectivity index (χ1) is 11.8. The fourth-order valence-electron chi connectivity index (χ4n) is 2.17. The van der Waals surface area contributed by atoms with E-state index in [1.54, 1.807) is 12.1 Å². The summed E-state index contributed by atoms with van der Waals surface area (Å²) in [4.78, 5) is 17.2. The van der Waals surface area contributed by atoms with Crippen molar-refractivity contribution < 1.29 is 9.90 Å². The molecule has 2 aromatic rings. The number of hydrogen-bond acceptors (Lipinski definition) is 4. The van der Waals surface area contributed by atoms with Crippen LogP contribution in [0.5, 0.6) is 5.75 Å². The summed E-state index contributed by atoms with van der Waals surface area (Å²) in [6.45, 7) is 1.91. The molecule has 2 N–H and O–H groups in total. The molecule has 25 heavy (non-hydrogen) atoms. The fourth-order valence-corrected chi connectivity index (χ4v) is 5.11. The molecule has 0 saturated carbocycles. The summed E-state index contributed by atoms with van der Waals surface area (Å²) in [5.41, 5.74) is 2.29. The molecular formula is C17H11ClI2N2O2S. The number of carbonyl (C=O) groups is 1. The minimum absolute atomic E-state index is 0.167. The topological polar surface area (TPSA) is 61.7 Å². The highest BCUT2D eigenvalue weighted by Crippen LogP contribution is 2.33. The first-order valence-electron chi connectivity index (χ1n) is 7.07. The molecule has 8 heteroatoms. The summed E-state index contributed by atoms with van der Waals surface area (Å²) in [6, 6.07) is 9.10. The Morgan fingerprint density at radius 3 is 2.76 bits per heavy atom. The predicted molar refractivity (Wildman–Crippen MR) is 121 cm³/mol. The van der Waals surface area contributed by atoms with Gasteiger partial charge in [-0.1, -0.05) is 11.6 Å². The Hall–Kier alpha value is -0.780. The molecule has 2 aromatic carbocycles. The van der Waals surface area contributed by atoms with Crippen molar-refractivity contribution in [2.75, 3.05) is 0 Å². The Morgan fingerprint density at radius 2 is 2.04 bits per heavy atom. The van der Waals surface area contributed by atoms with Crippen LogP contribution in [0.3, 0.4) is 0 Å². The molecule has 1 heterocycles. The molecule has 0 spiro atoms. The third-order valence-corrected chi connectivity index (χ3v) is 5.97. The molecule has 1 aliphatic rings. The Bertz CT molecular complexity index is 944.